The molecule has 1 rings (SSSR count). The lowest BCUT2D eigenvalue weighted by Crippen LogP contribution is -2.42. The molecule has 0 aromatic heterocycles. The molecule has 3 nitrogen and oxygen atoms in total. The summed E-state index contributed by atoms with van der Waals surface area (Å²) in [7, 11) is 0. The SMILES string of the molecule is Cc1cc(C)c(C(C)(C)CNCC(N)CO)c(C)c1. The minimum absolute atomic E-state index is 0.0238. The smallest absolute Gasteiger partial charge is 0.0594 e. The van der Waals surface area contributed by atoms with Gasteiger partial charge in [-0.3, -0.25) is 0 Å². The summed E-state index contributed by atoms with van der Waals surface area (Å²) in [6.45, 7) is 12.5. The number of nitrogens with two attached hydrogens (primary N) is 1. The molecule has 0 aliphatic rings. The fraction of sp³-hybridized carbons (Fsp3) is 0.625. The van der Waals surface area contributed by atoms with Crippen molar-refractivity contribution in [2.75, 3.05) is 19.7 Å². The molecule has 0 saturated heterocycles. The van der Waals surface area contributed by atoms with E-state index in [-0.39, 0.29) is 18.1 Å². The fourth-order valence-electron chi connectivity index (χ4n) is 2.97. The van der Waals surface area contributed by atoms with Crippen LogP contribution in [0.15, 0.2) is 12.1 Å². The Kier molecular flexibility index (Phi) is 5.53. The Bertz CT molecular complexity index is 404. The van der Waals surface area contributed by atoms with Crippen LogP contribution in [0.1, 0.15) is 36.1 Å². The van der Waals surface area contributed by atoms with E-state index in [0.717, 1.165) is 6.54 Å². The Hall–Kier alpha value is -0.900. The number of aryl methyl sites for hydroxylation is 3. The van der Waals surface area contributed by atoms with Gasteiger partial charge in [-0.05, 0) is 37.5 Å². The van der Waals surface area contributed by atoms with Gasteiger partial charge in [0.05, 0.1) is 6.61 Å². The molecule has 0 spiro atoms. The topological polar surface area (TPSA) is 58.3 Å². The van der Waals surface area contributed by atoms with Crippen molar-refractivity contribution < 1.29 is 5.11 Å². The van der Waals surface area contributed by atoms with Gasteiger partial charge in [0, 0.05) is 24.5 Å². The van der Waals surface area contributed by atoms with Gasteiger partial charge in [-0.25, -0.2) is 0 Å². The molecule has 0 fully saturated rings. The van der Waals surface area contributed by atoms with E-state index in [1.54, 1.807) is 0 Å². The van der Waals surface area contributed by atoms with E-state index in [9.17, 15) is 0 Å². The van der Waals surface area contributed by atoms with Gasteiger partial charge in [-0.2, -0.15) is 0 Å². The van der Waals surface area contributed by atoms with Crippen molar-refractivity contribution in [2.45, 2.75) is 46.1 Å². The average Bonchev–Trinajstić information content (AvgIpc) is 2.26. The molecule has 1 aromatic rings. The van der Waals surface area contributed by atoms with E-state index in [1.807, 2.05) is 0 Å². The van der Waals surface area contributed by atoms with Crippen LogP contribution >= 0.6 is 0 Å². The number of hydrogen-bond acceptors (Lipinski definition) is 3. The molecule has 0 bridgehead atoms. The van der Waals surface area contributed by atoms with Crippen LogP contribution in [-0.4, -0.2) is 30.8 Å². The van der Waals surface area contributed by atoms with Crippen molar-refractivity contribution in [2.24, 2.45) is 5.73 Å². The molecule has 0 aliphatic heterocycles. The summed E-state index contributed by atoms with van der Waals surface area (Å²) in [6.07, 6.45) is 0. The zero-order valence-electron chi connectivity index (χ0n) is 12.9. The maximum Gasteiger partial charge on any atom is 0.0594 e. The molecule has 0 aliphatic carbocycles. The van der Waals surface area contributed by atoms with E-state index in [4.69, 9.17) is 10.8 Å². The molecule has 1 aromatic carbocycles. The van der Waals surface area contributed by atoms with Crippen molar-refractivity contribution in [3.63, 3.8) is 0 Å². The van der Waals surface area contributed by atoms with Crippen LogP contribution in [0.4, 0.5) is 0 Å². The molecule has 1 atom stereocenters. The first kappa shape index (κ1) is 16.2. The maximum atomic E-state index is 8.94. The third-order valence-corrected chi connectivity index (χ3v) is 3.56. The Morgan fingerprint density at radius 2 is 1.74 bits per heavy atom. The number of nitrogens with one attached hydrogen (secondary N) is 1. The summed E-state index contributed by atoms with van der Waals surface area (Å²) >= 11 is 0. The quantitative estimate of drug-likeness (QED) is 0.734. The lowest BCUT2D eigenvalue weighted by Gasteiger charge is -2.30. The maximum absolute atomic E-state index is 8.94. The summed E-state index contributed by atoms with van der Waals surface area (Å²) in [4.78, 5) is 0. The second kappa shape index (κ2) is 6.51. The first-order chi connectivity index (χ1) is 8.77. The first-order valence-corrected chi connectivity index (χ1v) is 6.93. The van der Waals surface area contributed by atoms with E-state index < -0.39 is 0 Å². The van der Waals surface area contributed by atoms with Gasteiger partial charge in [0.25, 0.3) is 0 Å². The molecule has 0 saturated carbocycles. The third-order valence-electron chi connectivity index (χ3n) is 3.56. The van der Waals surface area contributed by atoms with E-state index >= 15 is 0 Å². The predicted octanol–water partition coefficient (Wildman–Crippen LogP) is 1.80. The summed E-state index contributed by atoms with van der Waals surface area (Å²) in [6, 6.07) is 4.30. The molecule has 0 amide bonds. The highest BCUT2D eigenvalue weighted by atomic mass is 16.3. The van der Waals surface area contributed by atoms with Gasteiger partial charge in [-0.15, -0.1) is 0 Å². The average molecular weight is 264 g/mol. The van der Waals surface area contributed by atoms with Crippen LogP contribution < -0.4 is 11.1 Å². The number of hydrogen-bond donors (Lipinski definition) is 3. The first-order valence-electron chi connectivity index (χ1n) is 6.93. The minimum Gasteiger partial charge on any atom is -0.395 e. The summed E-state index contributed by atoms with van der Waals surface area (Å²) in [5, 5.41) is 12.3. The fourth-order valence-corrected chi connectivity index (χ4v) is 2.97. The summed E-state index contributed by atoms with van der Waals surface area (Å²) < 4.78 is 0. The van der Waals surface area contributed by atoms with Gasteiger partial charge in [0.2, 0.25) is 0 Å². The van der Waals surface area contributed by atoms with Gasteiger partial charge in [0.15, 0.2) is 0 Å². The highest BCUT2D eigenvalue weighted by Gasteiger charge is 2.24. The Morgan fingerprint density at radius 1 is 1.21 bits per heavy atom. The standard InChI is InChI=1S/C16H28N2O/c1-11-6-12(2)15(13(3)7-11)16(4,5)10-18-8-14(17)9-19/h6-7,14,18-19H,8-10,17H2,1-5H3. The largest absolute Gasteiger partial charge is 0.395 e. The van der Waals surface area contributed by atoms with Gasteiger partial charge in [-0.1, -0.05) is 31.5 Å². The van der Waals surface area contributed by atoms with Crippen LogP contribution in [0.25, 0.3) is 0 Å². The van der Waals surface area contributed by atoms with E-state index in [2.05, 4.69) is 52.1 Å². The van der Waals surface area contributed by atoms with Crippen molar-refractivity contribution in [1.29, 1.82) is 0 Å². The van der Waals surface area contributed by atoms with Gasteiger partial charge < -0.3 is 16.2 Å². The molecule has 0 radical (unpaired) electrons. The molecule has 0 heterocycles. The highest BCUT2D eigenvalue weighted by Crippen LogP contribution is 2.29. The minimum atomic E-state index is -0.184. The lowest BCUT2D eigenvalue weighted by atomic mass is 9.78. The van der Waals surface area contributed by atoms with Crippen molar-refractivity contribution in [3.8, 4) is 0 Å². The monoisotopic (exact) mass is 264 g/mol. The zero-order valence-corrected chi connectivity index (χ0v) is 12.9. The van der Waals surface area contributed by atoms with Gasteiger partial charge in [0.1, 0.15) is 0 Å². The molecular formula is C16H28N2O. The Morgan fingerprint density at radius 3 is 2.21 bits per heavy atom. The predicted molar refractivity (Wildman–Crippen MR) is 81.6 cm³/mol. The number of aliphatic hydroxyl groups excluding tert-OH is 1. The molecule has 108 valence electrons. The van der Waals surface area contributed by atoms with Crippen LogP contribution in [-0.2, 0) is 5.41 Å². The number of rotatable bonds is 6. The van der Waals surface area contributed by atoms with Crippen LogP contribution in [0.5, 0.6) is 0 Å². The van der Waals surface area contributed by atoms with E-state index in [0.29, 0.717) is 6.54 Å². The van der Waals surface area contributed by atoms with E-state index in [1.165, 1.54) is 22.3 Å². The molecule has 1 unspecified atom stereocenters. The molecule has 4 N–H and O–H groups in total. The number of aliphatic hydroxyl groups is 1. The van der Waals surface area contributed by atoms with Crippen LogP contribution in [0.2, 0.25) is 0 Å². The van der Waals surface area contributed by atoms with Crippen molar-refractivity contribution in [1.82, 2.24) is 5.32 Å². The van der Waals surface area contributed by atoms with Crippen molar-refractivity contribution >= 4 is 0 Å². The highest BCUT2D eigenvalue weighted by molar-refractivity contribution is 5.42. The van der Waals surface area contributed by atoms with Crippen LogP contribution in [0.3, 0.4) is 0 Å². The van der Waals surface area contributed by atoms with Crippen molar-refractivity contribution in [3.05, 3.63) is 34.4 Å². The second-order valence-electron chi connectivity index (χ2n) is 6.23. The number of benzene rings is 1. The lowest BCUT2D eigenvalue weighted by molar-refractivity contribution is 0.260. The summed E-state index contributed by atoms with van der Waals surface area (Å²) in [5.74, 6) is 0. The normalized spacial score (nSPS) is 13.6. The van der Waals surface area contributed by atoms with Crippen LogP contribution in [0, 0.1) is 20.8 Å². The molecular weight excluding hydrogens is 236 g/mol. The van der Waals surface area contributed by atoms with Gasteiger partial charge >= 0.3 is 0 Å². The third kappa shape index (κ3) is 4.30. The molecule has 3 heteroatoms. The zero-order chi connectivity index (χ0) is 14.6. The summed E-state index contributed by atoms with van der Waals surface area (Å²) in [5.41, 5.74) is 11.2. The second-order valence-corrected chi connectivity index (χ2v) is 6.23. The Balaban J connectivity index is 2.82. The Labute approximate surface area is 117 Å². The molecule has 19 heavy (non-hydrogen) atoms.